The van der Waals surface area contributed by atoms with Crippen molar-refractivity contribution in [3.8, 4) is 0 Å². The second-order valence-electron chi connectivity index (χ2n) is 8.17. The Hall–Kier alpha value is -2.78. The van der Waals surface area contributed by atoms with Gasteiger partial charge in [0.1, 0.15) is 12.0 Å². The topological polar surface area (TPSA) is 87.2 Å². The normalized spacial score (nSPS) is 22.8. The minimum absolute atomic E-state index is 0.0127. The van der Waals surface area contributed by atoms with E-state index in [1.165, 1.54) is 0 Å². The fourth-order valence-corrected chi connectivity index (χ4v) is 5.68. The fraction of sp³-hybridized carbons (Fsp3) is 0.364. The molecule has 9 heteroatoms. The Labute approximate surface area is 180 Å². The Kier molecular flexibility index (Phi) is 5.02. The van der Waals surface area contributed by atoms with Gasteiger partial charge >= 0.3 is 0 Å². The highest BCUT2D eigenvalue weighted by Gasteiger charge is 2.29. The fourth-order valence-electron chi connectivity index (χ4n) is 4.18. The molecule has 0 amide bonds. The first-order valence-electron chi connectivity index (χ1n) is 10.4. The first-order chi connectivity index (χ1) is 14.9. The molecule has 2 atom stereocenters. The summed E-state index contributed by atoms with van der Waals surface area (Å²) in [7, 11) is -3.37. The molecule has 2 aromatic carbocycles. The average Bonchev–Trinajstić information content (AvgIpc) is 3.09. The van der Waals surface area contributed by atoms with E-state index in [0.29, 0.717) is 36.3 Å². The maximum absolute atomic E-state index is 14.3. The van der Waals surface area contributed by atoms with Crippen LogP contribution in [0.3, 0.4) is 0 Å². The number of anilines is 2. The van der Waals surface area contributed by atoms with Gasteiger partial charge in [0, 0.05) is 31.6 Å². The molecule has 2 aliphatic rings. The van der Waals surface area contributed by atoms with Crippen molar-refractivity contribution >= 4 is 32.5 Å². The molecule has 0 aliphatic carbocycles. The number of nitrogens with zero attached hydrogens (tertiary/aromatic N) is 3. The number of sulfone groups is 1. The lowest BCUT2D eigenvalue weighted by Crippen LogP contribution is -2.31. The minimum Gasteiger partial charge on any atom is -0.362 e. The number of hydrogen-bond acceptors (Lipinski definition) is 7. The van der Waals surface area contributed by atoms with Gasteiger partial charge < -0.3 is 15.5 Å². The maximum atomic E-state index is 14.3. The summed E-state index contributed by atoms with van der Waals surface area (Å²) in [5.74, 6) is 0.994. The molecule has 2 N–H and O–H groups in total. The van der Waals surface area contributed by atoms with E-state index >= 15 is 0 Å². The van der Waals surface area contributed by atoms with Crippen LogP contribution in [0.2, 0.25) is 0 Å². The Bertz CT molecular complexity index is 1250. The van der Waals surface area contributed by atoms with Gasteiger partial charge in [-0.2, -0.15) is 4.98 Å². The van der Waals surface area contributed by atoms with Crippen LogP contribution >= 0.6 is 0 Å². The third-order valence-corrected chi connectivity index (χ3v) is 7.67. The molecule has 7 nitrogen and oxygen atoms in total. The summed E-state index contributed by atoms with van der Waals surface area (Å²) < 4.78 is 39.7. The molecular formula is C22H24FN5O2S. The molecule has 0 bridgehead atoms. The number of benzene rings is 2. The van der Waals surface area contributed by atoms with Gasteiger partial charge in [-0.1, -0.05) is 29.8 Å². The van der Waals surface area contributed by atoms with Crippen LogP contribution in [0.25, 0.3) is 10.9 Å². The maximum Gasteiger partial charge on any atom is 0.228 e. The monoisotopic (exact) mass is 441 g/mol. The van der Waals surface area contributed by atoms with Crippen molar-refractivity contribution in [1.29, 1.82) is 0 Å². The summed E-state index contributed by atoms with van der Waals surface area (Å²) in [6.45, 7) is 3.49. The molecule has 0 spiro atoms. The quantitative estimate of drug-likeness (QED) is 0.646. The van der Waals surface area contributed by atoms with E-state index in [4.69, 9.17) is 9.97 Å². The highest BCUT2D eigenvalue weighted by atomic mass is 32.2. The molecule has 162 valence electrons. The van der Waals surface area contributed by atoms with E-state index in [9.17, 15) is 12.8 Å². The van der Waals surface area contributed by atoms with Crippen molar-refractivity contribution in [2.75, 3.05) is 35.6 Å². The van der Waals surface area contributed by atoms with E-state index in [0.717, 1.165) is 22.0 Å². The van der Waals surface area contributed by atoms with Crippen molar-refractivity contribution in [3.63, 3.8) is 0 Å². The number of hydrogen-bond donors (Lipinski definition) is 2. The molecular weight excluding hydrogens is 417 g/mol. The number of fused-ring (bicyclic) bond motifs is 2. The van der Waals surface area contributed by atoms with Gasteiger partial charge in [-0.05, 0) is 30.7 Å². The van der Waals surface area contributed by atoms with E-state index < -0.39 is 16.0 Å². The summed E-state index contributed by atoms with van der Waals surface area (Å²) in [6.07, 6.45) is -1.01. The predicted molar refractivity (Wildman–Crippen MR) is 119 cm³/mol. The average molecular weight is 442 g/mol. The second kappa shape index (κ2) is 7.72. The van der Waals surface area contributed by atoms with Crippen LogP contribution in [0, 0.1) is 6.92 Å². The van der Waals surface area contributed by atoms with Crippen LogP contribution in [0.4, 0.5) is 16.2 Å². The van der Waals surface area contributed by atoms with Crippen LogP contribution in [0.15, 0.2) is 47.4 Å². The van der Waals surface area contributed by atoms with Gasteiger partial charge in [0.2, 0.25) is 5.95 Å². The minimum atomic E-state index is -3.37. The molecule has 3 heterocycles. The van der Waals surface area contributed by atoms with Crippen molar-refractivity contribution < 1.29 is 12.8 Å². The standard InChI is InChI=1S/C22H24FN5O2S/c1-14-6-7-18-16(10-14)21(25-19-12-24-11-17(19)23)27-22(26-18)28-8-9-31(29,30)20-5-3-2-4-15(20)13-28/h2-7,10,17,19,24H,8-9,11-13H2,1H3,(H,25,26,27)/t17-,19-/m1/s1. The van der Waals surface area contributed by atoms with Crippen LogP contribution in [0.1, 0.15) is 11.1 Å². The lowest BCUT2D eigenvalue weighted by Gasteiger charge is -2.23. The Balaban J connectivity index is 1.58. The number of halogens is 1. The molecule has 0 saturated carbocycles. The lowest BCUT2D eigenvalue weighted by atomic mass is 10.1. The van der Waals surface area contributed by atoms with Gasteiger partial charge in [0.15, 0.2) is 9.84 Å². The predicted octanol–water partition coefficient (Wildman–Crippen LogP) is 2.45. The molecule has 2 aliphatic heterocycles. The van der Waals surface area contributed by atoms with Crippen LogP contribution in [0.5, 0.6) is 0 Å². The number of aryl methyl sites for hydroxylation is 1. The molecule has 3 aromatic rings. The van der Waals surface area contributed by atoms with E-state index in [2.05, 4.69) is 10.6 Å². The molecule has 1 saturated heterocycles. The summed E-state index contributed by atoms with van der Waals surface area (Å²) in [4.78, 5) is 11.7. The summed E-state index contributed by atoms with van der Waals surface area (Å²) in [5, 5.41) is 7.13. The van der Waals surface area contributed by atoms with Gasteiger partial charge in [0.05, 0.1) is 22.2 Å². The zero-order valence-electron chi connectivity index (χ0n) is 17.2. The Morgan fingerprint density at radius 2 is 2.00 bits per heavy atom. The largest absolute Gasteiger partial charge is 0.362 e. The molecule has 0 radical (unpaired) electrons. The number of nitrogens with one attached hydrogen (secondary N) is 2. The Morgan fingerprint density at radius 3 is 2.81 bits per heavy atom. The van der Waals surface area contributed by atoms with Gasteiger partial charge in [-0.15, -0.1) is 0 Å². The van der Waals surface area contributed by atoms with Crippen LogP contribution in [-0.4, -0.2) is 56.0 Å². The second-order valence-corrected chi connectivity index (χ2v) is 10.2. The molecule has 0 unspecified atom stereocenters. The number of alkyl halides is 1. The zero-order valence-corrected chi connectivity index (χ0v) is 18.0. The molecule has 1 aromatic heterocycles. The number of rotatable bonds is 3. The van der Waals surface area contributed by atoms with Crippen molar-refractivity contribution in [1.82, 2.24) is 15.3 Å². The summed E-state index contributed by atoms with van der Waals surface area (Å²) >= 11 is 0. The van der Waals surface area contributed by atoms with Crippen molar-refractivity contribution in [2.45, 2.75) is 30.6 Å². The summed E-state index contributed by atoms with van der Waals surface area (Å²) in [5.41, 5.74) is 2.52. The highest BCUT2D eigenvalue weighted by Crippen LogP contribution is 2.29. The zero-order chi connectivity index (χ0) is 21.6. The SMILES string of the molecule is Cc1ccc2nc(N3CCS(=O)(=O)c4ccccc4C3)nc(N[C@@H]3CNC[C@H]3F)c2c1. The number of aromatic nitrogens is 2. The lowest BCUT2D eigenvalue weighted by molar-refractivity contribution is 0.342. The summed E-state index contributed by atoms with van der Waals surface area (Å²) in [6, 6.07) is 12.6. The smallest absolute Gasteiger partial charge is 0.228 e. The molecule has 5 rings (SSSR count). The van der Waals surface area contributed by atoms with E-state index in [1.807, 2.05) is 42.2 Å². The van der Waals surface area contributed by atoms with Crippen LogP contribution < -0.4 is 15.5 Å². The van der Waals surface area contributed by atoms with Gasteiger partial charge in [-0.3, -0.25) is 0 Å². The molecule has 31 heavy (non-hydrogen) atoms. The highest BCUT2D eigenvalue weighted by molar-refractivity contribution is 7.91. The van der Waals surface area contributed by atoms with Crippen molar-refractivity contribution in [3.05, 3.63) is 53.6 Å². The van der Waals surface area contributed by atoms with Gasteiger partial charge in [0.25, 0.3) is 0 Å². The molecule has 1 fully saturated rings. The first kappa shape index (κ1) is 20.1. The van der Waals surface area contributed by atoms with E-state index in [1.54, 1.807) is 12.1 Å². The third kappa shape index (κ3) is 3.83. The Morgan fingerprint density at radius 1 is 1.16 bits per heavy atom. The first-order valence-corrected chi connectivity index (χ1v) is 12.0. The third-order valence-electron chi connectivity index (χ3n) is 5.88. The van der Waals surface area contributed by atoms with Crippen LogP contribution in [-0.2, 0) is 16.4 Å². The van der Waals surface area contributed by atoms with E-state index in [-0.39, 0.29) is 18.3 Å². The van der Waals surface area contributed by atoms with Gasteiger partial charge in [-0.25, -0.2) is 17.8 Å². The van der Waals surface area contributed by atoms with Crippen molar-refractivity contribution in [2.24, 2.45) is 0 Å².